The Balaban J connectivity index is 1.38. The number of carbonyl (C=O) groups is 1. The van der Waals surface area contributed by atoms with Gasteiger partial charge >= 0.3 is 0 Å². The molecule has 154 valence electrons. The molecule has 30 heavy (non-hydrogen) atoms. The van der Waals surface area contributed by atoms with Crippen molar-refractivity contribution in [2.75, 3.05) is 19.6 Å². The highest BCUT2D eigenvalue weighted by Gasteiger charge is 2.37. The standard InChI is InChI=1S/C23H26N6O/c30-23(24-14-13-20-10-5-2-6-11-20)22-16-21(29-18-25-26-27-29)17-28(22)15-7-12-19-8-3-1-4-9-19/h1-12,18,21-22H,13-17H2,(H,24,30)/b12-7+/t21-,22+/m1/s1. The van der Waals surface area contributed by atoms with E-state index in [1.54, 1.807) is 11.0 Å². The van der Waals surface area contributed by atoms with Crippen molar-refractivity contribution in [2.24, 2.45) is 0 Å². The number of likely N-dealkylation sites (tertiary alicyclic amines) is 1. The van der Waals surface area contributed by atoms with E-state index in [9.17, 15) is 4.79 Å². The molecule has 2 heterocycles. The van der Waals surface area contributed by atoms with Crippen LogP contribution in [-0.4, -0.2) is 56.7 Å². The van der Waals surface area contributed by atoms with Crippen molar-refractivity contribution in [3.05, 3.63) is 84.2 Å². The van der Waals surface area contributed by atoms with E-state index >= 15 is 0 Å². The summed E-state index contributed by atoms with van der Waals surface area (Å²) in [7, 11) is 0. The van der Waals surface area contributed by atoms with Crippen LogP contribution in [0.1, 0.15) is 23.6 Å². The Morgan fingerprint density at radius 1 is 1.10 bits per heavy atom. The lowest BCUT2D eigenvalue weighted by molar-refractivity contribution is -0.125. The molecule has 1 amide bonds. The van der Waals surface area contributed by atoms with E-state index in [1.165, 1.54) is 5.56 Å². The topological polar surface area (TPSA) is 75.9 Å². The highest BCUT2D eigenvalue weighted by Crippen LogP contribution is 2.26. The molecule has 1 aromatic heterocycles. The van der Waals surface area contributed by atoms with Crippen molar-refractivity contribution in [1.29, 1.82) is 0 Å². The maximum atomic E-state index is 13.0. The first-order chi connectivity index (χ1) is 14.8. The zero-order chi connectivity index (χ0) is 20.6. The Morgan fingerprint density at radius 3 is 2.60 bits per heavy atom. The Kier molecular flexibility index (Phi) is 6.61. The second-order valence-corrected chi connectivity index (χ2v) is 7.49. The largest absolute Gasteiger partial charge is 0.354 e. The summed E-state index contributed by atoms with van der Waals surface area (Å²) >= 11 is 0. The average molecular weight is 403 g/mol. The van der Waals surface area contributed by atoms with Crippen LogP contribution in [0.2, 0.25) is 0 Å². The normalized spacial score (nSPS) is 19.3. The summed E-state index contributed by atoms with van der Waals surface area (Å²) in [5.41, 5.74) is 2.37. The molecular weight excluding hydrogens is 376 g/mol. The van der Waals surface area contributed by atoms with Gasteiger partial charge in [-0.25, -0.2) is 4.68 Å². The van der Waals surface area contributed by atoms with Crippen LogP contribution in [0.25, 0.3) is 6.08 Å². The lowest BCUT2D eigenvalue weighted by Crippen LogP contribution is -2.43. The zero-order valence-electron chi connectivity index (χ0n) is 16.8. The van der Waals surface area contributed by atoms with Crippen molar-refractivity contribution in [3.8, 4) is 0 Å². The van der Waals surface area contributed by atoms with E-state index in [0.717, 1.165) is 18.5 Å². The second-order valence-electron chi connectivity index (χ2n) is 7.49. The monoisotopic (exact) mass is 402 g/mol. The van der Waals surface area contributed by atoms with Gasteiger partial charge in [0, 0.05) is 19.6 Å². The number of amides is 1. The second kappa shape index (κ2) is 9.93. The molecule has 0 aliphatic carbocycles. The van der Waals surface area contributed by atoms with E-state index in [1.807, 2.05) is 36.4 Å². The molecule has 1 aliphatic heterocycles. The Hall–Kier alpha value is -3.32. The van der Waals surface area contributed by atoms with Gasteiger partial charge in [0.05, 0.1) is 12.1 Å². The van der Waals surface area contributed by atoms with Gasteiger partial charge in [0.2, 0.25) is 5.91 Å². The fourth-order valence-corrected chi connectivity index (χ4v) is 3.86. The van der Waals surface area contributed by atoms with Gasteiger partial charge in [-0.3, -0.25) is 9.69 Å². The number of hydrogen-bond donors (Lipinski definition) is 1. The molecule has 1 N–H and O–H groups in total. The van der Waals surface area contributed by atoms with Crippen LogP contribution >= 0.6 is 0 Å². The quantitative estimate of drug-likeness (QED) is 0.626. The van der Waals surface area contributed by atoms with Crippen LogP contribution in [0.15, 0.2) is 73.1 Å². The number of benzene rings is 2. The lowest BCUT2D eigenvalue weighted by atomic mass is 10.1. The van der Waals surface area contributed by atoms with Crippen LogP contribution in [0.4, 0.5) is 0 Å². The molecule has 3 aromatic rings. The number of rotatable bonds is 8. The Bertz CT molecular complexity index is 942. The van der Waals surface area contributed by atoms with Crippen molar-refractivity contribution < 1.29 is 4.79 Å². The van der Waals surface area contributed by atoms with Crippen LogP contribution in [0.3, 0.4) is 0 Å². The maximum Gasteiger partial charge on any atom is 0.237 e. The highest BCUT2D eigenvalue weighted by molar-refractivity contribution is 5.82. The van der Waals surface area contributed by atoms with E-state index in [2.05, 4.69) is 62.2 Å². The molecule has 1 aliphatic rings. The van der Waals surface area contributed by atoms with Crippen molar-refractivity contribution >= 4 is 12.0 Å². The van der Waals surface area contributed by atoms with Crippen molar-refractivity contribution in [2.45, 2.75) is 24.9 Å². The molecule has 7 heteroatoms. The lowest BCUT2D eigenvalue weighted by Gasteiger charge is -2.22. The van der Waals surface area contributed by atoms with Gasteiger partial charge in [0.1, 0.15) is 6.33 Å². The van der Waals surface area contributed by atoms with E-state index in [0.29, 0.717) is 19.5 Å². The molecule has 0 bridgehead atoms. The molecular formula is C23H26N6O. The minimum atomic E-state index is -0.199. The summed E-state index contributed by atoms with van der Waals surface area (Å²) in [5, 5.41) is 14.6. The van der Waals surface area contributed by atoms with Gasteiger partial charge in [-0.05, 0) is 34.4 Å². The molecule has 1 fully saturated rings. The third-order valence-electron chi connectivity index (χ3n) is 5.43. The van der Waals surface area contributed by atoms with Gasteiger partial charge in [-0.1, -0.05) is 72.8 Å². The fourth-order valence-electron chi connectivity index (χ4n) is 3.86. The Morgan fingerprint density at radius 2 is 1.87 bits per heavy atom. The molecule has 7 nitrogen and oxygen atoms in total. The molecule has 0 saturated carbocycles. The highest BCUT2D eigenvalue weighted by atomic mass is 16.2. The van der Waals surface area contributed by atoms with Crippen LogP contribution in [0, 0.1) is 0 Å². The molecule has 1 saturated heterocycles. The minimum absolute atomic E-state index is 0.0645. The number of tetrazole rings is 1. The summed E-state index contributed by atoms with van der Waals surface area (Å²) in [6.07, 6.45) is 7.35. The SMILES string of the molecule is O=C(NCCc1ccccc1)[C@@H]1C[C@@H](n2cnnn2)CN1C/C=C/c1ccccc1. The molecule has 2 atom stereocenters. The molecule has 4 rings (SSSR count). The number of aromatic nitrogens is 4. The van der Waals surface area contributed by atoms with Gasteiger partial charge in [0.15, 0.2) is 0 Å². The molecule has 0 unspecified atom stereocenters. The van der Waals surface area contributed by atoms with Crippen molar-refractivity contribution in [3.63, 3.8) is 0 Å². The van der Waals surface area contributed by atoms with Crippen molar-refractivity contribution in [1.82, 2.24) is 30.4 Å². The zero-order valence-corrected chi connectivity index (χ0v) is 16.8. The van der Waals surface area contributed by atoms with E-state index < -0.39 is 0 Å². The maximum absolute atomic E-state index is 13.0. The summed E-state index contributed by atoms with van der Waals surface area (Å²) < 4.78 is 1.76. The number of nitrogens with one attached hydrogen (secondary N) is 1. The average Bonchev–Trinajstić information content (AvgIpc) is 3.45. The summed E-state index contributed by atoms with van der Waals surface area (Å²) in [4.78, 5) is 15.2. The third kappa shape index (κ3) is 5.18. The summed E-state index contributed by atoms with van der Waals surface area (Å²) in [6.45, 7) is 2.06. The minimum Gasteiger partial charge on any atom is -0.354 e. The summed E-state index contributed by atoms with van der Waals surface area (Å²) in [5.74, 6) is 0.0645. The smallest absolute Gasteiger partial charge is 0.237 e. The van der Waals surface area contributed by atoms with Gasteiger partial charge < -0.3 is 5.32 Å². The first kappa shape index (κ1) is 20.0. The molecule has 0 spiro atoms. The first-order valence-corrected chi connectivity index (χ1v) is 10.3. The van der Waals surface area contributed by atoms with E-state index in [-0.39, 0.29) is 18.0 Å². The first-order valence-electron chi connectivity index (χ1n) is 10.3. The van der Waals surface area contributed by atoms with Gasteiger partial charge in [-0.2, -0.15) is 0 Å². The molecule has 0 radical (unpaired) electrons. The predicted octanol–water partition coefficient (Wildman–Crippen LogP) is 2.36. The van der Waals surface area contributed by atoms with E-state index in [4.69, 9.17) is 0 Å². The summed E-state index contributed by atoms with van der Waals surface area (Å²) in [6, 6.07) is 20.3. The Labute approximate surface area is 176 Å². The number of carbonyl (C=O) groups excluding carboxylic acids is 1. The predicted molar refractivity (Wildman–Crippen MR) is 115 cm³/mol. The van der Waals surface area contributed by atoms with Gasteiger partial charge in [-0.15, -0.1) is 5.10 Å². The van der Waals surface area contributed by atoms with Crippen LogP contribution < -0.4 is 5.32 Å². The number of hydrogen-bond acceptors (Lipinski definition) is 5. The number of nitrogens with zero attached hydrogens (tertiary/aromatic N) is 5. The van der Waals surface area contributed by atoms with Crippen LogP contribution in [0.5, 0.6) is 0 Å². The van der Waals surface area contributed by atoms with Crippen LogP contribution in [-0.2, 0) is 11.2 Å². The fraction of sp³-hybridized carbons (Fsp3) is 0.304. The molecule has 2 aromatic carbocycles. The third-order valence-corrected chi connectivity index (χ3v) is 5.43. The van der Waals surface area contributed by atoms with Gasteiger partial charge in [0.25, 0.3) is 0 Å².